The molecule has 22 heavy (non-hydrogen) atoms. The summed E-state index contributed by atoms with van der Waals surface area (Å²) >= 11 is 1.56. The van der Waals surface area contributed by atoms with Crippen molar-refractivity contribution in [3.63, 3.8) is 0 Å². The van der Waals surface area contributed by atoms with E-state index in [1.165, 1.54) is 5.69 Å². The van der Waals surface area contributed by atoms with Crippen LogP contribution in [0, 0.1) is 13.8 Å². The van der Waals surface area contributed by atoms with E-state index < -0.39 is 0 Å². The average Bonchev–Trinajstić information content (AvgIpc) is 2.79. The zero-order valence-corrected chi connectivity index (χ0v) is 14.6. The highest BCUT2D eigenvalue weighted by Gasteiger charge is 2.20. The molecule has 0 bridgehead atoms. The lowest BCUT2D eigenvalue weighted by atomic mass is 10.1. The topological polar surface area (TPSA) is 34.9 Å². The summed E-state index contributed by atoms with van der Waals surface area (Å²) in [5.41, 5.74) is 3.02. The lowest BCUT2D eigenvalue weighted by Gasteiger charge is -2.13. The van der Waals surface area contributed by atoms with Crippen LogP contribution in [0.2, 0.25) is 0 Å². The molecule has 1 heterocycles. The fourth-order valence-electron chi connectivity index (χ4n) is 2.34. The standard InChI is InChI=1S/C18H24N2OS/c1-5-6-12-20-14(3)13(2)19-18(20)22-15(4)17(21)16-10-8-7-9-11-16/h7-11,15H,5-6,12H2,1-4H3. The lowest BCUT2D eigenvalue weighted by molar-refractivity contribution is 0.0994. The van der Waals surface area contributed by atoms with Crippen molar-refractivity contribution in [1.29, 1.82) is 0 Å². The highest BCUT2D eigenvalue weighted by molar-refractivity contribution is 8.00. The molecular weight excluding hydrogens is 292 g/mol. The van der Waals surface area contributed by atoms with Crippen molar-refractivity contribution in [2.24, 2.45) is 0 Å². The second-order valence-electron chi connectivity index (χ2n) is 5.56. The van der Waals surface area contributed by atoms with Crippen LogP contribution in [-0.2, 0) is 6.54 Å². The number of nitrogens with zero attached hydrogens (tertiary/aromatic N) is 2. The van der Waals surface area contributed by atoms with Gasteiger partial charge in [0.2, 0.25) is 0 Å². The van der Waals surface area contributed by atoms with E-state index in [-0.39, 0.29) is 11.0 Å². The number of imidazole rings is 1. The molecule has 0 N–H and O–H groups in total. The van der Waals surface area contributed by atoms with Gasteiger partial charge in [0.25, 0.3) is 0 Å². The summed E-state index contributed by atoms with van der Waals surface area (Å²) in [6.45, 7) is 9.26. The number of thioether (sulfide) groups is 1. The minimum absolute atomic E-state index is 0.135. The monoisotopic (exact) mass is 316 g/mol. The predicted octanol–water partition coefficient (Wildman–Crippen LogP) is 4.66. The van der Waals surface area contributed by atoms with Crippen LogP contribution in [0.15, 0.2) is 35.5 Å². The first kappa shape index (κ1) is 16.8. The van der Waals surface area contributed by atoms with E-state index >= 15 is 0 Å². The van der Waals surface area contributed by atoms with Crippen molar-refractivity contribution in [3.8, 4) is 0 Å². The van der Waals surface area contributed by atoms with E-state index in [0.29, 0.717) is 0 Å². The first-order chi connectivity index (χ1) is 10.5. The first-order valence-corrected chi connectivity index (χ1v) is 8.72. The van der Waals surface area contributed by atoms with E-state index in [9.17, 15) is 4.79 Å². The quantitative estimate of drug-likeness (QED) is 0.550. The van der Waals surface area contributed by atoms with Crippen molar-refractivity contribution >= 4 is 17.5 Å². The molecule has 0 spiro atoms. The Morgan fingerprint density at radius 3 is 2.59 bits per heavy atom. The van der Waals surface area contributed by atoms with E-state index in [1.807, 2.05) is 44.2 Å². The van der Waals surface area contributed by atoms with Gasteiger partial charge in [-0.1, -0.05) is 55.4 Å². The van der Waals surface area contributed by atoms with Gasteiger partial charge < -0.3 is 4.57 Å². The van der Waals surface area contributed by atoms with Gasteiger partial charge in [-0.2, -0.15) is 0 Å². The number of benzene rings is 1. The molecule has 1 aromatic carbocycles. The van der Waals surface area contributed by atoms with Gasteiger partial charge in [-0.15, -0.1) is 0 Å². The normalized spacial score (nSPS) is 12.4. The van der Waals surface area contributed by atoms with Crippen molar-refractivity contribution in [3.05, 3.63) is 47.3 Å². The average molecular weight is 316 g/mol. The fraction of sp³-hybridized carbons (Fsp3) is 0.444. The minimum Gasteiger partial charge on any atom is -0.323 e. The number of hydrogen-bond donors (Lipinski definition) is 0. The summed E-state index contributed by atoms with van der Waals surface area (Å²) in [6, 6.07) is 9.49. The van der Waals surface area contributed by atoms with E-state index in [0.717, 1.165) is 35.8 Å². The number of unbranched alkanes of at least 4 members (excludes halogenated alkanes) is 1. The van der Waals surface area contributed by atoms with Crippen LogP contribution in [0.3, 0.4) is 0 Å². The summed E-state index contributed by atoms with van der Waals surface area (Å²) in [7, 11) is 0. The summed E-state index contributed by atoms with van der Waals surface area (Å²) in [5.74, 6) is 0.158. The van der Waals surface area contributed by atoms with Crippen molar-refractivity contribution < 1.29 is 4.79 Å². The number of aromatic nitrogens is 2. The van der Waals surface area contributed by atoms with E-state index in [2.05, 4.69) is 23.4 Å². The number of ketones is 1. The van der Waals surface area contributed by atoms with E-state index in [4.69, 9.17) is 0 Å². The summed E-state index contributed by atoms with van der Waals surface area (Å²) in [6.07, 6.45) is 2.28. The second kappa shape index (κ2) is 7.63. The molecule has 0 saturated carbocycles. The Bertz CT molecular complexity index is 634. The maximum Gasteiger partial charge on any atom is 0.175 e. The van der Waals surface area contributed by atoms with Gasteiger partial charge in [0.15, 0.2) is 10.9 Å². The maximum absolute atomic E-state index is 12.5. The van der Waals surface area contributed by atoms with Crippen LogP contribution in [0.1, 0.15) is 48.4 Å². The third kappa shape index (κ3) is 3.80. The summed E-state index contributed by atoms with van der Waals surface area (Å²) in [5, 5.41) is 0.823. The van der Waals surface area contributed by atoms with Crippen LogP contribution in [-0.4, -0.2) is 20.6 Å². The Labute approximate surface area is 137 Å². The molecule has 0 saturated heterocycles. The molecule has 0 radical (unpaired) electrons. The van der Waals surface area contributed by atoms with Gasteiger partial charge >= 0.3 is 0 Å². The first-order valence-electron chi connectivity index (χ1n) is 7.84. The zero-order valence-electron chi connectivity index (χ0n) is 13.8. The van der Waals surface area contributed by atoms with Crippen LogP contribution in [0.4, 0.5) is 0 Å². The number of carbonyl (C=O) groups excluding carboxylic acids is 1. The van der Waals surface area contributed by atoms with Crippen molar-refractivity contribution in [2.45, 2.75) is 57.5 Å². The molecular formula is C18H24N2OS. The molecule has 0 amide bonds. The molecule has 0 fully saturated rings. The molecule has 118 valence electrons. The number of hydrogen-bond acceptors (Lipinski definition) is 3. The van der Waals surface area contributed by atoms with Crippen LogP contribution in [0.25, 0.3) is 0 Å². The second-order valence-corrected chi connectivity index (χ2v) is 6.87. The zero-order chi connectivity index (χ0) is 16.1. The smallest absolute Gasteiger partial charge is 0.175 e. The number of rotatable bonds is 7. The summed E-state index contributed by atoms with van der Waals surface area (Å²) in [4.78, 5) is 17.2. The van der Waals surface area contributed by atoms with Gasteiger partial charge in [-0.05, 0) is 27.2 Å². The van der Waals surface area contributed by atoms with Crippen LogP contribution in [0.5, 0.6) is 0 Å². The van der Waals surface area contributed by atoms with Crippen molar-refractivity contribution in [2.75, 3.05) is 0 Å². The Morgan fingerprint density at radius 2 is 1.95 bits per heavy atom. The van der Waals surface area contributed by atoms with Gasteiger partial charge in [-0.3, -0.25) is 4.79 Å². The Hall–Kier alpha value is -1.55. The number of carbonyl (C=O) groups is 1. The largest absolute Gasteiger partial charge is 0.323 e. The lowest BCUT2D eigenvalue weighted by Crippen LogP contribution is -2.15. The highest BCUT2D eigenvalue weighted by Crippen LogP contribution is 2.27. The molecule has 1 aromatic heterocycles. The number of Topliss-reactive ketones (excluding diaryl/α,β-unsaturated/α-hetero) is 1. The van der Waals surface area contributed by atoms with Gasteiger partial charge in [0.05, 0.1) is 10.9 Å². The van der Waals surface area contributed by atoms with Gasteiger partial charge in [0.1, 0.15) is 0 Å². The molecule has 0 aliphatic rings. The van der Waals surface area contributed by atoms with Gasteiger partial charge in [-0.25, -0.2) is 4.98 Å². The third-order valence-electron chi connectivity index (χ3n) is 3.87. The van der Waals surface area contributed by atoms with E-state index in [1.54, 1.807) is 11.8 Å². The maximum atomic E-state index is 12.5. The molecule has 4 heteroatoms. The minimum atomic E-state index is -0.135. The van der Waals surface area contributed by atoms with Gasteiger partial charge in [0, 0.05) is 17.8 Å². The molecule has 0 aliphatic heterocycles. The molecule has 3 nitrogen and oxygen atoms in total. The molecule has 2 aromatic rings. The van der Waals surface area contributed by atoms with Crippen LogP contribution >= 0.6 is 11.8 Å². The Balaban J connectivity index is 2.16. The third-order valence-corrected chi connectivity index (χ3v) is 4.96. The SMILES string of the molecule is CCCCn1c(SC(C)C(=O)c2ccccc2)nc(C)c1C. The highest BCUT2D eigenvalue weighted by atomic mass is 32.2. The predicted molar refractivity (Wildman–Crippen MR) is 92.7 cm³/mol. The van der Waals surface area contributed by atoms with Crippen molar-refractivity contribution in [1.82, 2.24) is 9.55 Å². The summed E-state index contributed by atoms with van der Waals surface area (Å²) < 4.78 is 2.25. The molecule has 2 rings (SSSR count). The molecule has 1 unspecified atom stereocenters. The fourth-order valence-corrected chi connectivity index (χ4v) is 3.45. The van der Waals surface area contributed by atoms with Crippen LogP contribution < -0.4 is 0 Å². The Morgan fingerprint density at radius 1 is 1.27 bits per heavy atom. The Kier molecular flexibility index (Phi) is 5.83. The molecule has 1 atom stereocenters. The number of aryl methyl sites for hydroxylation is 1. The molecule has 0 aliphatic carbocycles.